The molecule has 0 aromatic rings. The molecule has 1 aliphatic rings. The van der Waals surface area contributed by atoms with Crippen LogP contribution in [0.3, 0.4) is 0 Å². The van der Waals surface area contributed by atoms with Crippen molar-refractivity contribution < 1.29 is 19.1 Å². The first kappa shape index (κ1) is 22.0. The molecule has 1 rings (SSSR count). The fourth-order valence-corrected chi connectivity index (χ4v) is 2.83. The van der Waals surface area contributed by atoms with Crippen LogP contribution >= 0.6 is 0 Å². The normalized spacial score (nSPS) is 19.5. The molecule has 148 valence electrons. The lowest BCUT2D eigenvalue weighted by molar-refractivity contribution is -0.125. The average Bonchev–Trinajstić information content (AvgIpc) is 2.88. The van der Waals surface area contributed by atoms with Gasteiger partial charge < -0.3 is 20.7 Å². The largest absolute Gasteiger partial charge is 0.444 e. The number of alkyl carbamates (subject to hydrolysis) is 1. The standard InChI is InChI=1S/C19H33N3O4/c1-7-14(11-13-8-9-20-16(13)23)21-17(24)15(10-12(2)3)22-18(25)26-19(4,5)6/h7,12-15H,1,8-11H2,2-6H3,(H,20,23)(H,21,24)(H,22,25)/t13-,14+,15-/m0/s1. The van der Waals surface area contributed by atoms with E-state index < -0.39 is 17.7 Å². The van der Waals surface area contributed by atoms with E-state index in [9.17, 15) is 14.4 Å². The summed E-state index contributed by atoms with van der Waals surface area (Å²) in [4.78, 5) is 36.5. The summed E-state index contributed by atoms with van der Waals surface area (Å²) < 4.78 is 5.25. The molecule has 7 nitrogen and oxygen atoms in total. The Labute approximate surface area is 156 Å². The Bertz CT molecular complexity index is 525. The van der Waals surface area contributed by atoms with E-state index in [1.54, 1.807) is 26.8 Å². The predicted octanol–water partition coefficient (Wildman–Crippen LogP) is 2.12. The molecule has 26 heavy (non-hydrogen) atoms. The van der Waals surface area contributed by atoms with Crippen molar-refractivity contribution in [2.75, 3.05) is 6.54 Å². The van der Waals surface area contributed by atoms with Crippen LogP contribution in [0.2, 0.25) is 0 Å². The van der Waals surface area contributed by atoms with Crippen LogP contribution in [0.25, 0.3) is 0 Å². The van der Waals surface area contributed by atoms with Crippen LogP contribution in [-0.4, -0.2) is 42.1 Å². The molecule has 1 saturated heterocycles. The molecule has 7 heteroatoms. The SMILES string of the molecule is C=C[C@H](C[C@@H]1CCNC1=O)NC(=O)[C@H](CC(C)C)NC(=O)OC(C)(C)C. The number of rotatable bonds is 8. The summed E-state index contributed by atoms with van der Waals surface area (Å²) >= 11 is 0. The van der Waals surface area contributed by atoms with E-state index >= 15 is 0 Å². The minimum absolute atomic E-state index is 0.0108. The molecule has 1 aliphatic heterocycles. The van der Waals surface area contributed by atoms with E-state index in [-0.39, 0.29) is 29.7 Å². The molecule has 0 saturated carbocycles. The Morgan fingerprint density at radius 2 is 2.00 bits per heavy atom. The fourth-order valence-electron chi connectivity index (χ4n) is 2.83. The third kappa shape index (κ3) is 7.89. The van der Waals surface area contributed by atoms with Gasteiger partial charge in [0.05, 0.1) is 0 Å². The van der Waals surface area contributed by atoms with E-state index in [0.717, 1.165) is 6.42 Å². The van der Waals surface area contributed by atoms with Crippen molar-refractivity contribution in [1.82, 2.24) is 16.0 Å². The summed E-state index contributed by atoms with van der Waals surface area (Å²) in [6, 6.07) is -1.03. The smallest absolute Gasteiger partial charge is 0.408 e. The van der Waals surface area contributed by atoms with Gasteiger partial charge in [0, 0.05) is 18.5 Å². The summed E-state index contributed by atoms with van der Waals surface area (Å²) in [5.74, 6) is -0.200. The van der Waals surface area contributed by atoms with Gasteiger partial charge in [-0.05, 0) is 46.0 Å². The summed E-state index contributed by atoms with van der Waals surface area (Å²) in [6.07, 6.45) is 2.75. The highest BCUT2D eigenvalue weighted by Crippen LogP contribution is 2.17. The highest BCUT2D eigenvalue weighted by molar-refractivity contribution is 5.86. The fraction of sp³-hybridized carbons (Fsp3) is 0.737. The first-order valence-corrected chi connectivity index (χ1v) is 9.22. The summed E-state index contributed by atoms with van der Waals surface area (Å²) in [5, 5.41) is 8.32. The molecule has 0 spiro atoms. The van der Waals surface area contributed by atoms with E-state index in [1.165, 1.54) is 0 Å². The number of hydrogen-bond donors (Lipinski definition) is 3. The molecule has 0 bridgehead atoms. The second-order valence-electron chi connectivity index (χ2n) is 8.19. The highest BCUT2D eigenvalue weighted by Gasteiger charge is 2.29. The molecule has 0 radical (unpaired) electrons. The zero-order valence-electron chi connectivity index (χ0n) is 16.6. The van der Waals surface area contributed by atoms with Crippen molar-refractivity contribution in [3.05, 3.63) is 12.7 Å². The minimum atomic E-state index is -0.704. The lowest BCUT2D eigenvalue weighted by Gasteiger charge is -2.26. The third-order valence-corrected chi connectivity index (χ3v) is 4.03. The third-order valence-electron chi connectivity index (χ3n) is 4.03. The maximum atomic E-state index is 12.7. The first-order chi connectivity index (χ1) is 12.0. The van der Waals surface area contributed by atoms with E-state index in [0.29, 0.717) is 19.4 Å². The van der Waals surface area contributed by atoms with E-state index in [1.807, 2.05) is 13.8 Å². The van der Waals surface area contributed by atoms with Crippen LogP contribution in [0.4, 0.5) is 4.79 Å². The summed E-state index contributed by atoms with van der Waals surface area (Å²) in [7, 11) is 0. The lowest BCUT2D eigenvalue weighted by atomic mass is 9.97. The predicted molar refractivity (Wildman–Crippen MR) is 100 cm³/mol. The van der Waals surface area contributed by atoms with Crippen molar-refractivity contribution in [1.29, 1.82) is 0 Å². The Morgan fingerprint density at radius 1 is 1.35 bits per heavy atom. The Kier molecular flexibility index (Phi) is 8.11. The molecular formula is C19H33N3O4. The van der Waals surface area contributed by atoms with Gasteiger partial charge in [-0.1, -0.05) is 19.9 Å². The maximum Gasteiger partial charge on any atom is 0.408 e. The van der Waals surface area contributed by atoms with Crippen molar-refractivity contribution in [2.45, 2.75) is 71.6 Å². The number of nitrogens with one attached hydrogen (secondary N) is 3. The molecule has 0 aromatic carbocycles. The van der Waals surface area contributed by atoms with E-state index in [4.69, 9.17) is 4.74 Å². The van der Waals surface area contributed by atoms with Gasteiger partial charge in [-0.15, -0.1) is 6.58 Å². The Balaban J connectivity index is 2.69. The molecule has 3 N–H and O–H groups in total. The van der Waals surface area contributed by atoms with Gasteiger partial charge in [-0.3, -0.25) is 9.59 Å². The van der Waals surface area contributed by atoms with Crippen LogP contribution < -0.4 is 16.0 Å². The minimum Gasteiger partial charge on any atom is -0.444 e. The molecular weight excluding hydrogens is 334 g/mol. The van der Waals surface area contributed by atoms with Gasteiger partial charge in [-0.25, -0.2) is 4.79 Å². The molecule has 0 aromatic heterocycles. The van der Waals surface area contributed by atoms with Crippen LogP contribution in [0.1, 0.15) is 53.9 Å². The second kappa shape index (κ2) is 9.59. The average molecular weight is 367 g/mol. The zero-order chi connectivity index (χ0) is 19.9. The second-order valence-corrected chi connectivity index (χ2v) is 8.19. The zero-order valence-corrected chi connectivity index (χ0v) is 16.6. The molecule has 1 fully saturated rings. The quantitative estimate of drug-likeness (QED) is 0.573. The monoisotopic (exact) mass is 367 g/mol. The van der Waals surface area contributed by atoms with Crippen LogP contribution in [0.15, 0.2) is 12.7 Å². The molecule has 3 amide bonds. The van der Waals surface area contributed by atoms with Crippen molar-refractivity contribution >= 4 is 17.9 Å². The number of carbonyl (C=O) groups excluding carboxylic acids is 3. The van der Waals surface area contributed by atoms with Gasteiger partial charge in [0.15, 0.2) is 0 Å². The number of hydrogen-bond acceptors (Lipinski definition) is 4. The Morgan fingerprint density at radius 3 is 2.46 bits per heavy atom. The topological polar surface area (TPSA) is 96.5 Å². The van der Waals surface area contributed by atoms with Gasteiger partial charge in [0.1, 0.15) is 11.6 Å². The van der Waals surface area contributed by atoms with Crippen molar-refractivity contribution in [2.24, 2.45) is 11.8 Å². The lowest BCUT2D eigenvalue weighted by Crippen LogP contribution is -2.51. The summed E-state index contributed by atoms with van der Waals surface area (Å²) in [6.45, 7) is 13.7. The maximum absolute atomic E-state index is 12.7. The Hall–Kier alpha value is -2.05. The van der Waals surface area contributed by atoms with Gasteiger partial charge >= 0.3 is 6.09 Å². The number of amides is 3. The van der Waals surface area contributed by atoms with Crippen LogP contribution in [-0.2, 0) is 14.3 Å². The van der Waals surface area contributed by atoms with Crippen LogP contribution in [0, 0.1) is 11.8 Å². The van der Waals surface area contributed by atoms with Crippen molar-refractivity contribution in [3.8, 4) is 0 Å². The summed E-state index contributed by atoms with van der Waals surface area (Å²) in [5.41, 5.74) is -0.636. The van der Waals surface area contributed by atoms with Gasteiger partial charge in [0.2, 0.25) is 11.8 Å². The highest BCUT2D eigenvalue weighted by atomic mass is 16.6. The van der Waals surface area contributed by atoms with E-state index in [2.05, 4.69) is 22.5 Å². The molecule has 0 unspecified atom stereocenters. The molecule has 1 heterocycles. The number of ether oxygens (including phenoxy) is 1. The van der Waals surface area contributed by atoms with Gasteiger partial charge in [0.25, 0.3) is 0 Å². The molecule has 0 aliphatic carbocycles. The van der Waals surface area contributed by atoms with Crippen molar-refractivity contribution in [3.63, 3.8) is 0 Å². The van der Waals surface area contributed by atoms with Gasteiger partial charge in [-0.2, -0.15) is 0 Å². The first-order valence-electron chi connectivity index (χ1n) is 9.22. The van der Waals surface area contributed by atoms with Crippen LogP contribution in [0.5, 0.6) is 0 Å². The number of carbonyl (C=O) groups is 3. The molecule has 3 atom stereocenters.